The number of nitrogens with zero attached hydrogens (tertiary/aromatic N) is 1. The second-order valence-corrected chi connectivity index (χ2v) is 6.60. The Morgan fingerprint density at radius 2 is 1.78 bits per heavy atom. The molecule has 2 aromatic carbocycles. The molecule has 0 amide bonds. The summed E-state index contributed by atoms with van der Waals surface area (Å²) < 4.78 is 0. The van der Waals surface area contributed by atoms with Crippen LogP contribution in [0.5, 0.6) is 0 Å². The Bertz CT molecular complexity index is 773. The molecule has 0 radical (unpaired) electrons. The van der Waals surface area contributed by atoms with Crippen molar-refractivity contribution >= 4 is 10.9 Å². The highest BCUT2D eigenvalue weighted by Gasteiger charge is 2.18. The first-order chi connectivity index (χ1) is 11.4. The smallest absolute Gasteiger partial charge is 0.0459 e. The van der Waals surface area contributed by atoms with Crippen LogP contribution in [0.2, 0.25) is 0 Å². The fourth-order valence-corrected chi connectivity index (χ4v) is 3.77. The Kier molecular flexibility index (Phi) is 4.16. The van der Waals surface area contributed by atoms with E-state index in [4.69, 9.17) is 0 Å². The minimum Gasteiger partial charge on any atom is -0.358 e. The fourth-order valence-electron chi connectivity index (χ4n) is 3.77. The summed E-state index contributed by atoms with van der Waals surface area (Å²) in [6.07, 6.45) is 4.85. The van der Waals surface area contributed by atoms with Crippen LogP contribution in [0.1, 0.15) is 29.7 Å². The standard InChI is InChI=1S/C21H24N2/c1-2-8-17(9-3-1)10-6-14-23-15-7-13-21-19(16-23)18-11-4-5-12-20(18)22-21/h1-5,8-9,11-12,22H,6-7,10,13-16H2. The molecule has 0 fully saturated rings. The molecule has 0 saturated carbocycles. The van der Waals surface area contributed by atoms with Crippen LogP contribution >= 0.6 is 0 Å². The third kappa shape index (κ3) is 3.18. The van der Waals surface area contributed by atoms with Crippen LogP contribution in [0.4, 0.5) is 0 Å². The van der Waals surface area contributed by atoms with Gasteiger partial charge in [-0.15, -0.1) is 0 Å². The molecule has 1 aromatic heterocycles. The molecule has 23 heavy (non-hydrogen) atoms. The molecule has 2 heteroatoms. The summed E-state index contributed by atoms with van der Waals surface area (Å²) in [5.74, 6) is 0. The first-order valence-electron chi connectivity index (χ1n) is 8.75. The predicted molar refractivity (Wildman–Crippen MR) is 96.7 cm³/mol. The van der Waals surface area contributed by atoms with Gasteiger partial charge in [-0.1, -0.05) is 48.5 Å². The number of benzene rings is 2. The molecule has 0 atom stereocenters. The van der Waals surface area contributed by atoms with Gasteiger partial charge < -0.3 is 4.98 Å². The zero-order valence-electron chi connectivity index (χ0n) is 13.6. The van der Waals surface area contributed by atoms with Gasteiger partial charge in [-0.25, -0.2) is 0 Å². The molecule has 0 saturated heterocycles. The summed E-state index contributed by atoms with van der Waals surface area (Å²) in [4.78, 5) is 6.27. The van der Waals surface area contributed by atoms with Crippen LogP contribution in [0, 0.1) is 0 Å². The average molecular weight is 304 g/mol. The molecule has 1 aliphatic rings. The van der Waals surface area contributed by atoms with Crippen LogP contribution in [-0.4, -0.2) is 23.0 Å². The van der Waals surface area contributed by atoms with Gasteiger partial charge in [-0.3, -0.25) is 4.90 Å². The molecule has 0 bridgehead atoms. The first kappa shape index (κ1) is 14.5. The van der Waals surface area contributed by atoms with Gasteiger partial charge in [0, 0.05) is 23.1 Å². The number of aromatic amines is 1. The third-order valence-corrected chi connectivity index (χ3v) is 4.97. The second-order valence-electron chi connectivity index (χ2n) is 6.60. The Morgan fingerprint density at radius 3 is 2.70 bits per heavy atom. The Labute approximate surface area is 138 Å². The largest absolute Gasteiger partial charge is 0.358 e. The summed E-state index contributed by atoms with van der Waals surface area (Å²) in [5, 5.41) is 1.41. The van der Waals surface area contributed by atoms with Gasteiger partial charge in [0.05, 0.1) is 0 Å². The molecule has 1 N–H and O–H groups in total. The van der Waals surface area contributed by atoms with Crippen molar-refractivity contribution in [2.24, 2.45) is 0 Å². The number of H-pyrrole nitrogens is 1. The molecule has 3 aromatic rings. The molecule has 0 spiro atoms. The number of aromatic nitrogens is 1. The van der Waals surface area contributed by atoms with E-state index in [9.17, 15) is 0 Å². The number of para-hydroxylation sites is 1. The normalized spacial score (nSPS) is 15.5. The van der Waals surface area contributed by atoms with Crippen molar-refractivity contribution in [3.63, 3.8) is 0 Å². The van der Waals surface area contributed by atoms with E-state index < -0.39 is 0 Å². The van der Waals surface area contributed by atoms with Gasteiger partial charge in [0.25, 0.3) is 0 Å². The Balaban J connectivity index is 1.44. The van der Waals surface area contributed by atoms with Gasteiger partial charge in [0.1, 0.15) is 0 Å². The quantitative estimate of drug-likeness (QED) is 0.749. The van der Waals surface area contributed by atoms with Gasteiger partial charge >= 0.3 is 0 Å². The van der Waals surface area contributed by atoms with E-state index in [-0.39, 0.29) is 0 Å². The van der Waals surface area contributed by atoms with Crippen molar-refractivity contribution in [3.05, 3.63) is 71.4 Å². The highest BCUT2D eigenvalue weighted by atomic mass is 15.1. The van der Waals surface area contributed by atoms with Crippen LogP contribution < -0.4 is 0 Å². The van der Waals surface area contributed by atoms with E-state index in [1.807, 2.05) is 0 Å². The molecular weight excluding hydrogens is 280 g/mol. The van der Waals surface area contributed by atoms with Crippen LogP contribution in [0.25, 0.3) is 10.9 Å². The molecule has 4 rings (SSSR count). The lowest BCUT2D eigenvalue weighted by Crippen LogP contribution is -2.24. The van der Waals surface area contributed by atoms with Crippen molar-refractivity contribution in [1.82, 2.24) is 9.88 Å². The number of hydrogen-bond acceptors (Lipinski definition) is 1. The van der Waals surface area contributed by atoms with Gasteiger partial charge in [-0.05, 0) is 56.0 Å². The Morgan fingerprint density at radius 1 is 0.957 bits per heavy atom. The van der Waals surface area contributed by atoms with Gasteiger partial charge in [0.2, 0.25) is 0 Å². The zero-order chi connectivity index (χ0) is 15.5. The molecule has 1 aliphatic heterocycles. The summed E-state index contributed by atoms with van der Waals surface area (Å²) >= 11 is 0. The lowest BCUT2D eigenvalue weighted by atomic mass is 10.1. The monoisotopic (exact) mass is 304 g/mol. The highest BCUT2D eigenvalue weighted by molar-refractivity contribution is 5.84. The van der Waals surface area contributed by atoms with E-state index in [0.717, 1.165) is 6.54 Å². The van der Waals surface area contributed by atoms with E-state index >= 15 is 0 Å². The minimum atomic E-state index is 1.09. The van der Waals surface area contributed by atoms with E-state index in [1.165, 1.54) is 66.5 Å². The van der Waals surface area contributed by atoms with Crippen LogP contribution in [0.3, 0.4) is 0 Å². The molecule has 0 aliphatic carbocycles. The SMILES string of the molecule is c1ccc(CCCN2CCCc3[nH]c4ccccc4c3C2)cc1. The number of rotatable bonds is 4. The summed E-state index contributed by atoms with van der Waals surface area (Å²) in [6, 6.07) is 19.6. The van der Waals surface area contributed by atoms with Crippen molar-refractivity contribution in [2.75, 3.05) is 13.1 Å². The maximum atomic E-state index is 3.63. The number of hydrogen-bond donors (Lipinski definition) is 1. The second kappa shape index (κ2) is 6.59. The first-order valence-corrected chi connectivity index (χ1v) is 8.75. The fraction of sp³-hybridized carbons (Fsp3) is 0.333. The minimum absolute atomic E-state index is 1.09. The predicted octanol–water partition coefficient (Wildman–Crippen LogP) is 4.55. The zero-order valence-corrected chi connectivity index (χ0v) is 13.6. The molecule has 0 unspecified atom stereocenters. The van der Waals surface area contributed by atoms with Gasteiger partial charge in [-0.2, -0.15) is 0 Å². The van der Waals surface area contributed by atoms with Crippen LogP contribution in [0.15, 0.2) is 54.6 Å². The Hall–Kier alpha value is -2.06. The molecular formula is C21H24N2. The summed E-state index contributed by atoms with van der Waals surface area (Å²) in [7, 11) is 0. The van der Waals surface area contributed by atoms with Crippen molar-refractivity contribution in [1.29, 1.82) is 0 Å². The van der Waals surface area contributed by atoms with Crippen LogP contribution in [-0.2, 0) is 19.4 Å². The maximum absolute atomic E-state index is 3.63. The topological polar surface area (TPSA) is 19.0 Å². The van der Waals surface area contributed by atoms with Crippen molar-refractivity contribution < 1.29 is 0 Å². The summed E-state index contributed by atoms with van der Waals surface area (Å²) in [5.41, 5.74) is 5.73. The molecule has 2 nitrogen and oxygen atoms in total. The number of fused-ring (bicyclic) bond motifs is 3. The molecule has 118 valence electrons. The lowest BCUT2D eigenvalue weighted by molar-refractivity contribution is 0.267. The lowest BCUT2D eigenvalue weighted by Gasteiger charge is -2.20. The number of nitrogens with one attached hydrogen (secondary N) is 1. The third-order valence-electron chi connectivity index (χ3n) is 4.97. The van der Waals surface area contributed by atoms with Gasteiger partial charge in [0.15, 0.2) is 0 Å². The number of aryl methyl sites for hydroxylation is 2. The van der Waals surface area contributed by atoms with E-state index in [2.05, 4.69) is 64.5 Å². The highest BCUT2D eigenvalue weighted by Crippen LogP contribution is 2.27. The molecule has 2 heterocycles. The van der Waals surface area contributed by atoms with E-state index in [0.29, 0.717) is 0 Å². The van der Waals surface area contributed by atoms with Crippen molar-refractivity contribution in [3.8, 4) is 0 Å². The maximum Gasteiger partial charge on any atom is 0.0459 e. The average Bonchev–Trinajstić information content (AvgIpc) is 2.81. The summed E-state index contributed by atoms with van der Waals surface area (Å²) in [6.45, 7) is 3.49. The van der Waals surface area contributed by atoms with E-state index in [1.54, 1.807) is 0 Å². The van der Waals surface area contributed by atoms with Crippen molar-refractivity contribution in [2.45, 2.75) is 32.2 Å².